The van der Waals surface area contributed by atoms with Crippen molar-refractivity contribution in [1.82, 2.24) is 10.3 Å². The molecule has 5 nitrogen and oxygen atoms in total. The SMILES string of the molecule is Cc1[nH]c2ccc(C(=O)N[C@@]3(C)CCS(=O)(=O)C3)cc2c1C. The highest BCUT2D eigenvalue weighted by atomic mass is 32.2. The monoisotopic (exact) mass is 320 g/mol. The Morgan fingerprint density at radius 2 is 2.05 bits per heavy atom. The summed E-state index contributed by atoms with van der Waals surface area (Å²) in [5, 5.41) is 3.91. The van der Waals surface area contributed by atoms with Gasteiger partial charge in [0.15, 0.2) is 9.84 Å². The van der Waals surface area contributed by atoms with E-state index in [0.29, 0.717) is 12.0 Å². The Bertz CT molecular complexity index is 867. The number of H-pyrrole nitrogens is 1. The lowest BCUT2D eigenvalue weighted by molar-refractivity contribution is 0.0915. The van der Waals surface area contributed by atoms with Crippen LogP contribution < -0.4 is 5.32 Å². The van der Waals surface area contributed by atoms with Gasteiger partial charge in [-0.3, -0.25) is 4.79 Å². The topological polar surface area (TPSA) is 79.0 Å². The van der Waals surface area contributed by atoms with E-state index in [2.05, 4.69) is 10.3 Å². The third-order valence-electron chi connectivity index (χ3n) is 4.49. The second kappa shape index (κ2) is 4.84. The van der Waals surface area contributed by atoms with Crippen LogP contribution >= 0.6 is 0 Å². The summed E-state index contributed by atoms with van der Waals surface area (Å²) < 4.78 is 23.3. The molecule has 1 aromatic carbocycles. The maximum atomic E-state index is 12.5. The molecule has 2 aromatic rings. The van der Waals surface area contributed by atoms with Crippen molar-refractivity contribution in [2.75, 3.05) is 11.5 Å². The van der Waals surface area contributed by atoms with Gasteiger partial charge < -0.3 is 10.3 Å². The van der Waals surface area contributed by atoms with Crippen LogP contribution in [0.15, 0.2) is 18.2 Å². The van der Waals surface area contributed by atoms with Crippen LogP contribution in [0.25, 0.3) is 10.9 Å². The number of aromatic nitrogens is 1. The highest BCUT2D eigenvalue weighted by molar-refractivity contribution is 7.91. The lowest BCUT2D eigenvalue weighted by atomic mass is 10.0. The fourth-order valence-electron chi connectivity index (χ4n) is 3.06. The van der Waals surface area contributed by atoms with Crippen LogP contribution in [0.2, 0.25) is 0 Å². The van der Waals surface area contributed by atoms with Crippen molar-refractivity contribution in [3.05, 3.63) is 35.0 Å². The second-order valence-electron chi connectivity index (χ2n) is 6.49. The zero-order chi connectivity index (χ0) is 16.1. The molecule has 1 saturated heterocycles. The molecule has 0 unspecified atom stereocenters. The number of carbonyl (C=O) groups is 1. The van der Waals surface area contributed by atoms with Crippen LogP contribution in [0.3, 0.4) is 0 Å². The van der Waals surface area contributed by atoms with Crippen molar-refractivity contribution in [2.24, 2.45) is 0 Å². The summed E-state index contributed by atoms with van der Waals surface area (Å²) in [7, 11) is -3.04. The molecular formula is C16H20N2O3S. The van der Waals surface area contributed by atoms with E-state index in [0.717, 1.165) is 22.2 Å². The molecule has 6 heteroatoms. The Morgan fingerprint density at radius 3 is 2.68 bits per heavy atom. The predicted molar refractivity (Wildman–Crippen MR) is 86.9 cm³/mol. The highest BCUT2D eigenvalue weighted by Crippen LogP contribution is 2.25. The van der Waals surface area contributed by atoms with Gasteiger partial charge in [0.2, 0.25) is 0 Å². The fourth-order valence-corrected chi connectivity index (χ4v) is 5.15. The summed E-state index contributed by atoms with van der Waals surface area (Å²) in [5.74, 6) is -0.0744. The standard InChI is InChI=1S/C16H20N2O3S/c1-10-11(2)17-14-5-4-12(8-13(10)14)15(19)18-16(3)6-7-22(20,21)9-16/h4-5,8,17H,6-7,9H2,1-3H3,(H,18,19)/t16-/m0/s1. The van der Waals surface area contributed by atoms with Crippen molar-refractivity contribution in [3.8, 4) is 0 Å². The zero-order valence-electron chi connectivity index (χ0n) is 13.0. The molecule has 1 amide bonds. The Balaban J connectivity index is 1.88. The Labute approximate surface area is 130 Å². The minimum Gasteiger partial charge on any atom is -0.358 e. The minimum atomic E-state index is -3.04. The van der Waals surface area contributed by atoms with E-state index in [1.807, 2.05) is 26.0 Å². The molecule has 0 radical (unpaired) electrons. The maximum Gasteiger partial charge on any atom is 0.251 e. The van der Waals surface area contributed by atoms with Crippen molar-refractivity contribution in [2.45, 2.75) is 32.7 Å². The normalized spacial score (nSPS) is 23.8. The average Bonchev–Trinajstić information content (AvgIpc) is 2.86. The zero-order valence-corrected chi connectivity index (χ0v) is 13.8. The lowest BCUT2D eigenvalue weighted by Gasteiger charge is -2.23. The molecule has 2 N–H and O–H groups in total. The van der Waals surface area contributed by atoms with Gasteiger partial charge in [-0.15, -0.1) is 0 Å². The van der Waals surface area contributed by atoms with Crippen LogP contribution in [0.1, 0.15) is 35.0 Å². The Morgan fingerprint density at radius 1 is 1.32 bits per heavy atom. The molecule has 22 heavy (non-hydrogen) atoms. The first-order valence-corrected chi connectivity index (χ1v) is 9.13. The van der Waals surface area contributed by atoms with E-state index in [9.17, 15) is 13.2 Å². The van der Waals surface area contributed by atoms with Crippen LogP contribution in [-0.4, -0.2) is 36.4 Å². The molecule has 0 bridgehead atoms. The molecule has 1 aliphatic heterocycles. The molecule has 0 aliphatic carbocycles. The summed E-state index contributed by atoms with van der Waals surface area (Å²) in [5.41, 5.74) is 3.09. The van der Waals surface area contributed by atoms with E-state index in [4.69, 9.17) is 0 Å². The first kappa shape index (κ1) is 15.1. The van der Waals surface area contributed by atoms with Crippen LogP contribution in [0, 0.1) is 13.8 Å². The van der Waals surface area contributed by atoms with Gasteiger partial charge in [-0.25, -0.2) is 8.42 Å². The van der Waals surface area contributed by atoms with E-state index >= 15 is 0 Å². The number of fused-ring (bicyclic) bond motifs is 1. The molecule has 1 aliphatic rings. The molecule has 2 heterocycles. The fraction of sp³-hybridized carbons (Fsp3) is 0.438. The summed E-state index contributed by atoms with van der Waals surface area (Å²) in [6, 6.07) is 5.51. The molecule has 118 valence electrons. The molecule has 0 saturated carbocycles. The van der Waals surface area contributed by atoms with Crippen molar-refractivity contribution in [1.29, 1.82) is 0 Å². The van der Waals surface area contributed by atoms with Gasteiger partial charge in [0.1, 0.15) is 0 Å². The molecule has 3 rings (SSSR count). The smallest absolute Gasteiger partial charge is 0.251 e. The summed E-state index contributed by atoms with van der Waals surface area (Å²) in [6.45, 7) is 5.81. The number of aromatic amines is 1. The number of carbonyl (C=O) groups excluding carboxylic acids is 1. The molecule has 1 atom stereocenters. The summed E-state index contributed by atoms with van der Waals surface area (Å²) >= 11 is 0. The molecule has 1 fully saturated rings. The highest BCUT2D eigenvalue weighted by Gasteiger charge is 2.39. The van der Waals surface area contributed by atoms with E-state index < -0.39 is 15.4 Å². The maximum absolute atomic E-state index is 12.5. The van der Waals surface area contributed by atoms with E-state index in [1.54, 1.807) is 13.0 Å². The number of benzene rings is 1. The van der Waals surface area contributed by atoms with Crippen LogP contribution in [0.5, 0.6) is 0 Å². The van der Waals surface area contributed by atoms with Crippen LogP contribution in [-0.2, 0) is 9.84 Å². The van der Waals surface area contributed by atoms with Gasteiger partial charge in [0.25, 0.3) is 5.91 Å². The van der Waals surface area contributed by atoms with Gasteiger partial charge in [-0.2, -0.15) is 0 Å². The first-order chi connectivity index (χ1) is 10.2. The van der Waals surface area contributed by atoms with Gasteiger partial charge >= 0.3 is 0 Å². The largest absolute Gasteiger partial charge is 0.358 e. The number of rotatable bonds is 2. The number of hydrogen-bond donors (Lipinski definition) is 2. The van der Waals surface area contributed by atoms with Crippen LogP contribution in [0.4, 0.5) is 0 Å². The van der Waals surface area contributed by atoms with E-state index in [1.165, 1.54) is 0 Å². The Kier molecular flexibility index (Phi) is 3.32. The number of hydrogen-bond acceptors (Lipinski definition) is 3. The number of amides is 1. The number of sulfone groups is 1. The summed E-state index contributed by atoms with van der Waals surface area (Å²) in [4.78, 5) is 15.7. The Hall–Kier alpha value is -1.82. The summed E-state index contributed by atoms with van der Waals surface area (Å²) in [6.07, 6.45) is 0.464. The molecule has 0 spiro atoms. The van der Waals surface area contributed by atoms with Crippen molar-refractivity contribution >= 4 is 26.6 Å². The third kappa shape index (κ3) is 2.63. The number of nitrogens with one attached hydrogen (secondary N) is 2. The van der Waals surface area contributed by atoms with Gasteiger partial charge in [0.05, 0.1) is 17.0 Å². The van der Waals surface area contributed by atoms with Gasteiger partial charge in [-0.05, 0) is 51.0 Å². The van der Waals surface area contributed by atoms with Crippen molar-refractivity contribution in [3.63, 3.8) is 0 Å². The quantitative estimate of drug-likeness (QED) is 0.889. The lowest BCUT2D eigenvalue weighted by Crippen LogP contribution is -2.46. The second-order valence-corrected chi connectivity index (χ2v) is 8.68. The first-order valence-electron chi connectivity index (χ1n) is 7.31. The minimum absolute atomic E-state index is 0.0102. The average molecular weight is 320 g/mol. The van der Waals surface area contributed by atoms with Gasteiger partial charge in [-0.1, -0.05) is 0 Å². The molecular weight excluding hydrogens is 300 g/mol. The molecule has 1 aromatic heterocycles. The van der Waals surface area contributed by atoms with E-state index in [-0.39, 0.29) is 17.4 Å². The van der Waals surface area contributed by atoms with Gasteiger partial charge in [0, 0.05) is 22.2 Å². The number of aryl methyl sites for hydroxylation is 2. The third-order valence-corrected chi connectivity index (χ3v) is 6.39. The predicted octanol–water partition coefficient (Wildman–Crippen LogP) is 2.09. The van der Waals surface area contributed by atoms with Crippen molar-refractivity contribution < 1.29 is 13.2 Å².